The number of aromatic nitrogens is 2. The van der Waals surface area contributed by atoms with Gasteiger partial charge in [-0.2, -0.15) is 5.10 Å². The zero-order valence-electron chi connectivity index (χ0n) is 17.4. The van der Waals surface area contributed by atoms with Crippen molar-refractivity contribution in [1.82, 2.24) is 15.1 Å². The smallest absolute Gasteiger partial charge is 0.320 e. The summed E-state index contributed by atoms with van der Waals surface area (Å²) in [6.45, 7) is 3.06. The fraction of sp³-hybridized carbons (Fsp3) is 0.167. The SMILES string of the molecule is Cc1cccc(CNC(=O)Nc2nn(Cc3cc4c(cc3Cl)OCO4)c3ccccc23)c1. The molecule has 0 saturated heterocycles. The van der Waals surface area contributed by atoms with Gasteiger partial charge in [-0.15, -0.1) is 0 Å². The van der Waals surface area contributed by atoms with E-state index < -0.39 is 0 Å². The van der Waals surface area contributed by atoms with Gasteiger partial charge in [-0.25, -0.2) is 4.79 Å². The lowest BCUT2D eigenvalue weighted by molar-refractivity contribution is 0.174. The first kappa shape index (κ1) is 20.2. The van der Waals surface area contributed by atoms with Crippen LogP contribution in [-0.2, 0) is 13.1 Å². The van der Waals surface area contributed by atoms with Crippen molar-refractivity contribution in [1.29, 1.82) is 0 Å². The van der Waals surface area contributed by atoms with E-state index in [1.54, 1.807) is 6.07 Å². The van der Waals surface area contributed by atoms with Gasteiger partial charge in [0.1, 0.15) is 0 Å². The van der Waals surface area contributed by atoms with Gasteiger partial charge in [0.2, 0.25) is 6.79 Å². The number of urea groups is 1. The van der Waals surface area contributed by atoms with Crippen molar-refractivity contribution in [2.45, 2.75) is 20.0 Å². The molecule has 4 aromatic rings. The molecule has 0 spiro atoms. The molecule has 8 heteroatoms. The highest BCUT2D eigenvalue weighted by atomic mass is 35.5. The van der Waals surface area contributed by atoms with Crippen LogP contribution in [0.2, 0.25) is 5.02 Å². The Labute approximate surface area is 189 Å². The lowest BCUT2D eigenvalue weighted by Crippen LogP contribution is -2.28. The number of benzene rings is 3. The van der Waals surface area contributed by atoms with Crippen LogP contribution in [-0.4, -0.2) is 22.6 Å². The van der Waals surface area contributed by atoms with Crippen LogP contribution in [0.4, 0.5) is 10.6 Å². The number of fused-ring (bicyclic) bond motifs is 2. The zero-order chi connectivity index (χ0) is 22.1. The molecule has 7 nitrogen and oxygen atoms in total. The number of carbonyl (C=O) groups is 1. The minimum Gasteiger partial charge on any atom is -0.454 e. The Hall–Kier alpha value is -3.71. The monoisotopic (exact) mass is 448 g/mol. The second kappa shape index (κ2) is 8.43. The summed E-state index contributed by atoms with van der Waals surface area (Å²) in [6.07, 6.45) is 0. The van der Waals surface area contributed by atoms with Crippen molar-refractivity contribution in [3.8, 4) is 11.5 Å². The predicted molar refractivity (Wildman–Crippen MR) is 123 cm³/mol. The van der Waals surface area contributed by atoms with Gasteiger partial charge in [-0.05, 0) is 36.2 Å². The maximum absolute atomic E-state index is 12.5. The molecule has 0 atom stereocenters. The van der Waals surface area contributed by atoms with Gasteiger partial charge in [-0.1, -0.05) is 53.6 Å². The Bertz CT molecular complexity index is 1320. The lowest BCUT2D eigenvalue weighted by atomic mass is 10.1. The number of rotatable bonds is 5. The van der Waals surface area contributed by atoms with Gasteiger partial charge in [0, 0.05) is 23.0 Å². The van der Waals surface area contributed by atoms with Crippen LogP contribution in [0.3, 0.4) is 0 Å². The second-order valence-electron chi connectivity index (χ2n) is 7.62. The summed E-state index contributed by atoms with van der Waals surface area (Å²) < 4.78 is 12.7. The number of aryl methyl sites for hydroxylation is 1. The highest BCUT2D eigenvalue weighted by molar-refractivity contribution is 6.31. The number of para-hydroxylation sites is 1. The van der Waals surface area contributed by atoms with E-state index in [2.05, 4.69) is 15.7 Å². The Balaban J connectivity index is 1.36. The average Bonchev–Trinajstić information content (AvgIpc) is 3.37. The number of halogens is 1. The first-order valence-electron chi connectivity index (χ1n) is 10.2. The molecule has 0 fully saturated rings. The first-order valence-corrected chi connectivity index (χ1v) is 10.6. The summed E-state index contributed by atoms with van der Waals surface area (Å²) in [4.78, 5) is 12.5. The zero-order valence-corrected chi connectivity index (χ0v) is 18.1. The van der Waals surface area contributed by atoms with Crippen LogP contribution < -0.4 is 20.1 Å². The number of amides is 2. The maximum Gasteiger partial charge on any atom is 0.320 e. The van der Waals surface area contributed by atoms with Crippen LogP contribution in [0.1, 0.15) is 16.7 Å². The molecule has 162 valence electrons. The quantitative estimate of drug-likeness (QED) is 0.445. The molecule has 3 aromatic carbocycles. The highest BCUT2D eigenvalue weighted by Crippen LogP contribution is 2.37. The fourth-order valence-corrected chi connectivity index (χ4v) is 3.95. The molecule has 2 N–H and O–H groups in total. The normalized spacial score (nSPS) is 12.2. The topological polar surface area (TPSA) is 77.4 Å². The van der Waals surface area contributed by atoms with Gasteiger partial charge >= 0.3 is 6.03 Å². The Morgan fingerprint density at radius 1 is 1.09 bits per heavy atom. The first-order chi connectivity index (χ1) is 15.6. The molecule has 0 radical (unpaired) electrons. The van der Waals surface area contributed by atoms with Gasteiger partial charge in [0.25, 0.3) is 0 Å². The Kier molecular flexibility index (Phi) is 5.33. The van der Waals surface area contributed by atoms with Crippen molar-refractivity contribution >= 4 is 34.4 Å². The van der Waals surface area contributed by atoms with Gasteiger partial charge in [0.05, 0.1) is 12.1 Å². The second-order valence-corrected chi connectivity index (χ2v) is 8.02. The maximum atomic E-state index is 12.5. The summed E-state index contributed by atoms with van der Waals surface area (Å²) in [6, 6.07) is 19.0. The summed E-state index contributed by atoms with van der Waals surface area (Å²) in [5.41, 5.74) is 3.92. The number of anilines is 1. The van der Waals surface area contributed by atoms with Crippen LogP contribution in [0.15, 0.2) is 60.7 Å². The number of carbonyl (C=O) groups excluding carboxylic acids is 1. The highest BCUT2D eigenvalue weighted by Gasteiger charge is 2.19. The third-order valence-electron chi connectivity index (χ3n) is 5.29. The minimum atomic E-state index is -0.317. The molecule has 32 heavy (non-hydrogen) atoms. The van der Waals surface area contributed by atoms with Crippen molar-refractivity contribution in [3.05, 3.63) is 82.4 Å². The summed E-state index contributed by atoms with van der Waals surface area (Å²) in [5.74, 6) is 1.78. The van der Waals surface area contributed by atoms with E-state index in [1.807, 2.05) is 66.2 Å². The largest absolute Gasteiger partial charge is 0.454 e. The third kappa shape index (κ3) is 4.07. The summed E-state index contributed by atoms with van der Waals surface area (Å²) in [7, 11) is 0. The molecule has 0 saturated carbocycles. The fourth-order valence-electron chi connectivity index (χ4n) is 3.74. The van der Waals surface area contributed by atoms with Crippen molar-refractivity contribution in [3.63, 3.8) is 0 Å². The lowest BCUT2D eigenvalue weighted by Gasteiger charge is -2.08. The van der Waals surface area contributed by atoms with Crippen LogP contribution in [0.25, 0.3) is 10.9 Å². The van der Waals surface area contributed by atoms with Crippen molar-refractivity contribution in [2.75, 3.05) is 12.1 Å². The van der Waals surface area contributed by atoms with Crippen LogP contribution >= 0.6 is 11.6 Å². The number of ether oxygens (including phenoxy) is 2. The molecule has 1 aliphatic heterocycles. The van der Waals surface area contributed by atoms with E-state index in [9.17, 15) is 4.79 Å². The van der Waals surface area contributed by atoms with E-state index in [0.717, 1.165) is 27.6 Å². The van der Waals surface area contributed by atoms with Gasteiger partial charge in [-0.3, -0.25) is 10.00 Å². The number of hydrogen-bond acceptors (Lipinski definition) is 4. The molecule has 2 amide bonds. The molecule has 0 aliphatic carbocycles. The number of hydrogen-bond donors (Lipinski definition) is 2. The molecule has 0 unspecified atom stereocenters. The van der Waals surface area contributed by atoms with Gasteiger partial charge in [0.15, 0.2) is 17.3 Å². The summed E-state index contributed by atoms with van der Waals surface area (Å²) in [5, 5.41) is 11.8. The average molecular weight is 449 g/mol. The summed E-state index contributed by atoms with van der Waals surface area (Å²) >= 11 is 6.45. The molecule has 1 aliphatic rings. The third-order valence-corrected chi connectivity index (χ3v) is 5.64. The van der Waals surface area contributed by atoms with E-state index in [4.69, 9.17) is 21.1 Å². The van der Waals surface area contributed by atoms with E-state index in [0.29, 0.717) is 35.4 Å². The molecule has 1 aromatic heterocycles. The van der Waals surface area contributed by atoms with E-state index in [1.165, 1.54) is 0 Å². The number of nitrogens with one attached hydrogen (secondary N) is 2. The van der Waals surface area contributed by atoms with Crippen LogP contribution in [0, 0.1) is 6.92 Å². The molecule has 5 rings (SSSR count). The Morgan fingerprint density at radius 2 is 1.91 bits per heavy atom. The van der Waals surface area contributed by atoms with E-state index in [-0.39, 0.29) is 12.8 Å². The standard InChI is InChI=1S/C24H21ClN4O3/c1-15-5-4-6-16(9-15)12-26-24(30)27-23-18-7-2-3-8-20(18)29(28-23)13-17-10-21-22(11-19(17)25)32-14-31-21/h2-11H,12-14H2,1H3,(H2,26,27,28,30). The van der Waals surface area contributed by atoms with Crippen molar-refractivity contribution < 1.29 is 14.3 Å². The van der Waals surface area contributed by atoms with E-state index >= 15 is 0 Å². The Morgan fingerprint density at radius 3 is 2.75 bits per heavy atom. The molecule has 0 bridgehead atoms. The molecular weight excluding hydrogens is 428 g/mol. The molecule has 2 heterocycles. The number of nitrogens with zero attached hydrogens (tertiary/aromatic N) is 2. The minimum absolute atomic E-state index is 0.186. The van der Waals surface area contributed by atoms with Crippen LogP contribution in [0.5, 0.6) is 11.5 Å². The van der Waals surface area contributed by atoms with Crippen molar-refractivity contribution in [2.24, 2.45) is 0 Å². The molecular formula is C24H21ClN4O3. The van der Waals surface area contributed by atoms with Gasteiger partial charge < -0.3 is 14.8 Å². The predicted octanol–water partition coefficient (Wildman–Crippen LogP) is 5.10.